The van der Waals surface area contributed by atoms with Crippen LogP contribution in [0.4, 0.5) is 0 Å². The number of piperidine rings is 3. The fourth-order valence-corrected chi connectivity index (χ4v) is 3.37. The van der Waals surface area contributed by atoms with Gasteiger partial charge in [-0.15, -0.1) is 0 Å². The Bertz CT molecular complexity index is 481. The number of rotatable bonds is 1. The third-order valence-electron chi connectivity index (χ3n) is 4.36. The van der Waals surface area contributed by atoms with Gasteiger partial charge in [0.1, 0.15) is 11.9 Å². The zero-order chi connectivity index (χ0) is 12.0. The predicted molar refractivity (Wildman–Crippen MR) is 66.1 cm³/mol. The monoisotopic (exact) mass is 244 g/mol. The van der Waals surface area contributed by atoms with Crippen LogP contribution in [-0.4, -0.2) is 40.1 Å². The highest BCUT2D eigenvalue weighted by Crippen LogP contribution is 2.42. The standard InChI is InChI=1S/C13H16N4O/c1-3-17-4-2-11(1)13(8-17)5-12(16-18-13)10-6-14-9-15-7-10/h5-7,9,11,16H,1-4,8H2. The van der Waals surface area contributed by atoms with Gasteiger partial charge in [0.25, 0.3) is 0 Å². The summed E-state index contributed by atoms with van der Waals surface area (Å²) in [6, 6.07) is 0. The van der Waals surface area contributed by atoms with Crippen LogP contribution in [0.2, 0.25) is 0 Å². The van der Waals surface area contributed by atoms with Crippen molar-refractivity contribution < 1.29 is 4.84 Å². The van der Waals surface area contributed by atoms with Crippen LogP contribution in [0, 0.1) is 5.92 Å². The highest BCUT2D eigenvalue weighted by molar-refractivity contribution is 5.64. The molecule has 0 radical (unpaired) electrons. The van der Waals surface area contributed by atoms with Crippen LogP contribution < -0.4 is 5.48 Å². The summed E-state index contributed by atoms with van der Waals surface area (Å²) < 4.78 is 0. The van der Waals surface area contributed by atoms with Crippen LogP contribution in [0.3, 0.4) is 0 Å². The van der Waals surface area contributed by atoms with Crippen LogP contribution in [0.1, 0.15) is 18.4 Å². The molecule has 3 saturated heterocycles. The third-order valence-corrected chi connectivity index (χ3v) is 4.36. The molecule has 3 fully saturated rings. The number of hydrogen-bond donors (Lipinski definition) is 1. The van der Waals surface area contributed by atoms with Gasteiger partial charge < -0.3 is 0 Å². The van der Waals surface area contributed by atoms with Gasteiger partial charge in [-0.3, -0.25) is 15.2 Å². The first kappa shape index (κ1) is 10.5. The van der Waals surface area contributed by atoms with Crippen molar-refractivity contribution in [1.29, 1.82) is 0 Å². The summed E-state index contributed by atoms with van der Waals surface area (Å²) in [5.74, 6) is 0.636. The van der Waals surface area contributed by atoms with Gasteiger partial charge in [0.2, 0.25) is 0 Å². The molecule has 1 aromatic heterocycles. The quantitative estimate of drug-likeness (QED) is 0.792. The Balaban J connectivity index is 1.67. The molecule has 0 amide bonds. The van der Waals surface area contributed by atoms with Crippen molar-refractivity contribution in [1.82, 2.24) is 20.3 Å². The molecule has 5 rings (SSSR count). The number of nitrogens with zero attached hydrogens (tertiary/aromatic N) is 3. The molecule has 1 unspecified atom stereocenters. The van der Waals surface area contributed by atoms with E-state index in [0.29, 0.717) is 5.92 Å². The topological polar surface area (TPSA) is 50.3 Å². The minimum atomic E-state index is -0.137. The predicted octanol–water partition coefficient (Wildman–Crippen LogP) is 0.817. The third kappa shape index (κ3) is 1.47. The van der Waals surface area contributed by atoms with Gasteiger partial charge in [-0.2, -0.15) is 0 Å². The van der Waals surface area contributed by atoms with E-state index < -0.39 is 0 Å². The van der Waals surface area contributed by atoms with E-state index in [0.717, 1.165) is 17.8 Å². The van der Waals surface area contributed by atoms with Crippen molar-refractivity contribution in [3.63, 3.8) is 0 Å². The van der Waals surface area contributed by atoms with E-state index in [-0.39, 0.29) is 5.60 Å². The first-order chi connectivity index (χ1) is 8.86. The lowest BCUT2D eigenvalue weighted by Gasteiger charge is -2.49. The highest BCUT2D eigenvalue weighted by atomic mass is 16.7. The molecule has 5 nitrogen and oxygen atoms in total. The van der Waals surface area contributed by atoms with E-state index in [2.05, 4.69) is 26.4 Å². The van der Waals surface area contributed by atoms with Crippen LogP contribution in [-0.2, 0) is 4.84 Å². The molecule has 2 bridgehead atoms. The molecule has 5 heterocycles. The Morgan fingerprint density at radius 1 is 1.28 bits per heavy atom. The van der Waals surface area contributed by atoms with E-state index in [1.807, 2.05) is 12.4 Å². The Labute approximate surface area is 106 Å². The summed E-state index contributed by atoms with van der Waals surface area (Å²) >= 11 is 0. The molecule has 94 valence electrons. The van der Waals surface area contributed by atoms with Gasteiger partial charge in [-0.1, -0.05) is 0 Å². The van der Waals surface area contributed by atoms with Crippen LogP contribution in [0.25, 0.3) is 5.70 Å². The molecular formula is C13H16N4O. The van der Waals surface area contributed by atoms with Crippen LogP contribution in [0.5, 0.6) is 0 Å². The van der Waals surface area contributed by atoms with Crippen molar-refractivity contribution in [2.75, 3.05) is 19.6 Å². The summed E-state index contributed by atoms with van der Waals surface area (Å²) in [5.41, 5.74) is 4.93. The second-order valence-electron chi connectivity index (χ2n) is 5.39. The van der Waals surface area contributed by atoms with E-state index in [1.54, 1.807) is 6.33 Å². The van der Waals surface area contributed by atoms with Crippen molar-refractivity contribution in [3.8, 4) is 0 Å². The Morgan fingerprint density at radius 3 is 2.72 bits per heavy atom. The highest BCUT2D eigenvalue weighted by Gasteiger charge is 2.49. The number of fused-ring (bicyclic) bond motifs is 2. The van der Waals surface area contributed by atoms with Gasteiger partial charge in [0.05, 0.1) is 5.70 Å². The Morgan fingerprint density at radius 2 is 2.06 bits per heavy atom. The van der Waals surface area contributed by atoms with E-state index in [4.69, 9.17) is 4.84 Å². The summed E-state index contributed by atoms with van der Waals surface area (Å²) in [7, 11) is 0. The van der Waals surface area contributed by atoms with Crippen molar-refractivity contribution >= 4 is 5.70 Å². The van der Waals surface area contributed by atoms with Gasteiger partial charge >= 0.3 is 0 Å². The van der Waals surface area contributed by atoms with Crippen LogP contribution >= 0.6 is 0 Å². The largest absolute Gasteiger partial charge is 0.300 e. The van der Waals surface area contributed by atoms with Gasteiger partial charge in [0, 0.05) is 24.5 Å². The SMILES string of the molecule is C1=C(c2cncnc2)NOC12CN1CCC2CC1. The molecule has 1 atom stereocenters. The van der Waals surface area contributed by atoms with Gasteiger partial charge in [-0.05, 0) is 37.9 Å². The summed E-state index contributed by atoms with van der Waals surface area (Å²) in [6.07, 6.45) is 9.88. The molecule has 1 spiro atoms. The second-order valence-corrected chi connectivity index (χ2v) is 5.39. The zero-order valence-corrected chi connectivity index (χ0v) is 10.2. The average Bonchev–Trinajstić information content (AvgIpc) is 2.85. The molecule has 1 N–H and O–H groups in total. The number of hydroxylamine groups is 1. The van der Waals surface area contributed by atoms with Crippen LogP contribution in [0.15, 0.2) is 24.8 Å². The Hall–Kier alpha value is -1.46. The smallest absolute Gasteiger partial charge is 0.132 e. The van der Waals surface area contributed by atoms with Crippen molar-refractivity contribution in [2.45, 2.75) is 18.4 Å². The zero-order valence-electron chi connectivity index (χ0n) is 10.2. The van der Waals surface area contributed by atoms with E-state index >= 15 is 0 Å². The lowest BCUT2D eigenvalue weighted by Crippen LogP contribution is -2.58. The normalized spacial score (nSPS) is 37.7. The second kappa shape index (κ2) is 3.76. The van der Waals surface area contributed by atoms with Crippen molar-refractivity contribution in [2.24, 2.45) is 5.92 Å². The van der Waals surface area contributed by atoms with Gasteiger partial charge in [-0.25, -0.2) is 9.97 Å². The van der Waals surface area contributed by atoms with Crippen molar-refractivity contribution in [3.05, 3.63) is 30.4 Å². The lowest BCUT2D eigenvalue weighted by molar-refractivity contribution is -0.135. The maximum absolute atomic E-state index is 5.94. The lowest BCUT2D eigenvalue weighted by atomic mass is 9.75. The summed E-state index contributed by atoms with van der Waals surface area (Å²) in [6.45, 7) is 3.43. The fourth-order valence-electron chi connectivity index (χ4n) is 3.37. The maximum atomic E-state index is 5.94. The number of aromatic nitrogens is 2. The Kier molecular flexibility index (Phi) is 2.19. The first-order valence-corrected chi connectivity index (χ1v) is 6.50. The van der Waals surface area contributed by atoms with E-state index in [9.17, 15) is 0 Å². The minimum absolute atomic E-state index is 0.137. The molecule has 1 aromatic rings. The van der Waals surface area contributed by atoms with Gasteiger partial charge in [0.15, 0.2) is 0 Å². The number of hydrogen-bond acceptors (Lipinski definition) is 5. The fraction of sp³-hybridized carbons (Fsp3) is 0.538. The summed E-state index contributed by atoms with van der Waals surface area (Å²) in [5, 5.41) is 0. The minimum Gasteiger partial charge on any atom is -0.300 e. The van der Waals surface area contributed by atoms with E-state index in [1.165, 1.54) is 25.9 Å². The summed E-state index contributed by atoms with van der Waals surface area (Å²) in [4.78, 5) is 16.5. The number of nitrogens with one attached hydrogen (secondary N) is 1. The molecule has 18 heavy (non-hydrogen) atoms. The molecule has 0 aliphatic carbocycles. The first-order valence-electron chi connectivity index (χ1n) is 6.50. The molecular weight excluding hydrogens is 228 g/mol. The molecule has 5 heteroatoms. The molecule has 0 saturated carbocycles. The molecule has 0 aromatic carbocycles. The maximum Gasteiger partial charge on any atom is 0.132 e. The average molecular weight is 244 g/mol. The molecule has 4 aliphatic rings. The molecule has 4 aliphatic heterocycles.